The second-order valence-corrected chi connectivity index (χ2v) is 8.11. The van der Waals surface area contributed by atoms with Gasteiger partial charge in [0.05, 0.1) is 0 Å². The van der Waals surface area contributed by atoms with Gasteiger partial charge in [-0.15, -0.1) is 0 Å². The van der Waals surface area contributed by atoms with E-state index in [9.17, 15) is 4.79 Å². The quantitative estimate of drug-likeness (QED) is 0.376. The van der Waals surface area contributed by atoms with Crippen LogP contribution in [0.1, 0.15) is 27.0 Å². The van der Waals surface area contributed by atoms with Crippen molar-refractivity contribution in [3.63, 3.8) is 0 Å². The van der Waals surface area contributed by atoms with Crippen molar-refractivity contribution < 1.29 is 4.79 Å². The number of benzene rings is 3. The van der Waals surface area contributed by atoms with Crippen LogP contribution in [0.4, 0.5) is 0 Å². The highest BCUT2D eigenvalue weighted by atomic mass is 16.1. The van der Waals surface area contributed by atoms with Crippen molar-refractivity contribution in [1.29, 1.82) is 0 Å². The lowest BCUT2D eigenvalue weighted by Crippen LogP contribution is -2.13. The topological polar surface area (TPSA) is 23.6 Å². The van der Waals surface area contributed by atoms with E-state index in [1.165, 1.54) is 11.1 Å². The van der Waals surface area contributed by atoms with Gasteiger partial charge >= 0.3 is 0 Å². The van der Waals surface area contributed by atoms with Crippen LogP contribution in [-0.2, 0) is 13.1 Å². The predicted molar refractivity (Wildman–Crippen MR) is 126 cm³/mol. The number of nitrogens with zero attached hydrogens (tertiary/aromatic N) is 2. The van der Waals surface area contributed by atoms with E-state index in [4.69, 9.17) is 0 Å². The van der Waals surface area contributed by atoms with E-state index in [-0.39, 0.29) is 5.78 Å². The Bertz CT molecular complexity index is 1020. The first-order valence-corrected chi connectivity index (χ1v) is 10.2. The molecule has 0 aliphatic heterocycles. The molecule has 0 saturated carbocycles. The SMILES string of the molecule is CN(C)Cc1ccc(-c2ccccc2)cc1C=CC(=O)c1ccccc1CN(C)C. The molecule has 0 heterocycles. The average molecular weight is 399 g/mol. The molecule has 0 aliphatic rings. The molecular formula is C27H30N2O. The molecule has 3 heteroatoms. The standard InChI is InChI=1S/C27H30N2O/c1-28(2)19-24-15-14-22(21-10-6-5-7-11-21)18-23(24)16-17-27(30)26-13-9-8-12-25(26)20-29(3)4/h5-18H,19-20H2,1-4H3. The minimum Gasteiger partial charge on any atom is -0.305 e. The van der Waals surface area contributed by atoms with Crippen molar-refractivity contribution in [3.8, 4) is 11.1 Å². The summed E-state index contributed by atoms with van der Waals surface area (Å²) in [7, 11) is 8.14. The van der Waals surface area contributed by atoms with Gasteiger partial charge in [0.2, 0.25) is 0 Å². The summed E-state index contributed by atoms with van der Waals surface area (Å²) in [5.41, 5.74) is 6.40. The molecule has 0 amide bonds. The Kier molecular flexibility index (Phi) is 7.34. The smallest absolute Gasteiger partial charge is 0.186 e. The molecular weight excluding hydrogens is 368 g/mol. The van der Waals surface area contributed by atoms with Gasteiger partial charge < -0.3 is 9.80 Å². The summed E-state index contributed by atoms with van der Waals surface area (Å²) in [4.78, 5) is 17.2. The van der Waals surface area contributed by atoms with Crippen LogP contribution in [0.25, 0.3) is 17.2 Å². The maximum absolute atomic E-state index is 13.0. The molecule has 3 aromatic rings. The first kappa shape index (κ1) is 21.7. The van der Waals surface area contributed by atoms with Crippen LogP contribution in [0.5, 0.6) is 0 Å². The molecule has 0 fully saturated rings. The fourth-order valence-electron chi connectivity index (χ4n) is 3.54. The highest BCUT2D eigenvalue weighted by Gasteiger charge is 2.10. The Morgan fingerprint density at radius 2 is 1.37 bits per heavy atom. The van der Waals surface area contributed by atoms with E-state index in [0.717, 1.165) is 35.3 Å². The summed E-state index contributed by atoms with van der Waals surface area (Å²) in [6.07, 6.45) is 3.66. The molecule has 30 heavy (non-hydrogen) atoms. The fraction of sp³-hybridized carbons (Fsp3) is 0.222. The number of carbonyl (C=O) groups is 1. The van der Waals surface area contributed by atoms with Crippen LogP contribution >= 0.6 is 0 Å². The maximum Gasteiger partial charge on any atom is 0.186 e. The van der Waals surface area contributed by atoms with E-state index in [0.29, 0.717) is 0 Å². The van der Waals surface area contributed by atoms with Crippen LogP contribution in [0.15, 0.2) is 78.9 Å². The van der Waals surface area contributed by atoms with Crippen molar-refractivity contribution in [3.05, 3.63) is 101 Å². The Morgan fingerprint density at radius 3 is 2.07 bits per heavy atom. The average Bonchev–Trinajstić information content (AvgIpc) is 2.73. The minimum absolute atomic E-state index is 0.0355. The lowest BCUT2D eigenvalue weighted by Gasteiger charge is -2.14. The highest BCUT2D eigenvalue weighted by Crippen LogP contribution is 2.24. The van der Waals surface area contributed by atoms with E-state index in [1.54, 1.807) is 6.08 Å². The third kappa shape index (κ3) is 5.76. The molecule has 0 aliphatic carbocycles. The summed E-state index contributed by atoms with van der Waals surface area (Å²) in [6.45, 7) is 1.56. The summed E-state index contributed by atoms with van der Waals surface area (Å²) in [5, 5.41) is 0. The van der Waals surface area contributed by atoms with Crippen LogP contribution in [0, 0.1) is 0 Å². The number of hydrogen-bond donors (Lipinski definition) is 0. The maximum atomic E-state index is 13.0. The molecule has 0 spiro atoms. The largest absolute Gasteiger partial charge is 0.305 e. The van der Waals surface area contributed by atoms with Crippen molar-refractivity contribution in [2.45, 2.75) is 13.1 Å². The second kappa shape index (κ2) is 10.1. The van der Waals surface area contributed by atoms with Crippen molar-refractivity contribution in [2.75, 3.05) is 28.2 Å². The fourth-order valence-corrected chi connectivity index (χ4v) is 3.54. The van der Waals surface area contributed by atoms with Gasteiger partial charge in [-0.25, -0.2) is 0 Å². The van der Waals surface area contributed by atoms with E-state index >= 15 is 0 Å². The first-order chi connectivity index (χ1) is 14.4. The molecule has 0 bridgehead atoms. The third-order valence-electron chi connectivity index (χ3n) is 4.92. The Balaban J connectivity index is 1.94. The van der Waals surface area contributed by atoms with Crippen molar-refractivity contribution in [1.82, 2.24) is 9.80 Å². The molecule has 3 aromatic carbocycles. The van der Waals surface area contributed by atoms with Gasteiger partial charge in [-0.1, -0.05) is 72.8 Å². The van der Waals surface area contributed by atoms with E-state index < -0.39 is 0 Å². The molecule has 154 valence electrons. The lowest BCUT2D eigenvalue weighted by molar-refractivity contribution is 0.104. The Hall–Kier alpha value is -3.01. The molecule has 0 atom stereocenters. The zero-order chi connectivity index (χ0) is 21.5. The van der Waals surface area contributed by atoms with Gasteiger partial charge in [0.25, 0.3) is 0 Å². The molecule has 3 nitrogen and oxygen atoms in total. The molecule has 0 saturated heterocycles. The van der Waals surface area contributed by atoms with Crippen LogP contribution in [-0.4, -0.2) is 43.8 Å². The van der Waals surface area contributed by atoms with Gasteiger partial charge in [-0.05, 0) is 68.2 Å². The first-order valence-electron chi connectivity index (χ1n) is 10.2. The second-order valence-electron chi connectivity index (χ2n) is 8.11. The van der Waals surface area contributed by atoms with Gasteiger partial charge in [-0.3, -0.25) is 4.79 Å². The van der Waals surface area contributed by atoms with Gasteiger partial charge in [0.15, 0.2) is 5.78 Å². The summed E-state index contributed by atoms with van der Waals surface area (Å²) in [6, 6.07) is 24.7. The molecule has 0 N–H and O–H groups in total. The molecule has 0 unspecified atom stereocenters. The van der Waals surface area contributed by atoms with Crippen LogP contribution < -0.4 is 0 Å². The van der Waals surface area contributed by atoms with E-state index in [2.05, 4.69) is 54.2 Å². The molecule has 0 aromatic heterocycles. The lowest BCUT2D eigenvalue weighted by atomic mass is 9.97. The molecule has 3 rings (SSSR count). The Morgan fingerprint density at radius 1 is 0.733 bits per heavy atom. The molecule has 0 radical (unpaired) electrons. The normalized spacial score (nSPS) is 11.5. The summed E-state index contributed by atoms with van der Waals surface area (Å²) in [5.74, 6) is 0.0355. The number of ketones is 1. The number of carbonyl (C=O) groups excluding carboxylic acids is 1. The highest BCUT2D eigenvalue weighted by molar-refractivity contribution is 6.07. The number of allylic oxidation sites excluding steroid dienone is 1. The van der Waals surface area contributed by atoms with E-state index in [1.807, 2.05) is 62.6 Å². The Labute approximate surface area is 180 Å². The van der Waals surface area contributed by atoms with Crippen LogP contribution in [0.3, 0.4) is 0 Å². The number of rotatable bonds is 8. The monoisotopic (exact) mass is 398 g/mol. The summed E-state index contributed by atoms with van der Waals surface area (Å²) >= 11 is 0. The third-order valence-corrected chi connectivity index (χ3v) is 4.92. The van der Waals surface area contributed by atoms with Gasteiger partial charge in [0, 0.05) is 18.7 Å². The zero-order valence-corrected chi connectivity index (χ0v) is 18.3. The number of hydrogen-bond acceptors (Lipinski definition) is 3. The van der Waals surface area contributed by atoms with Crippen molar-refractivity contribution in [2.24, 2.45) is 0 Å². The van der Waals surface area contributed by atoms with Crippen LogP contribution in [0.2, 0.25) is 0 Å². The van der Waals surface area contributed by atoms with Crippen molar-refractivity contribution >= 4 is 11.9 Å². The summed E-state index contributed by atoms with van der Waals surface area (Å²) < 4.78 is 0. The zero-order valence-electron chi connectivity index (χ0n) is 18.3. The van der Waals surface area contributed by atoms with Gasteiger partial charge in [0.1, 0.15) is 0 Å². The predicted octanol–water partition coefficient (Wildman–Crippen LogP) is 5.37. The minimum atomic E-state index is 0.0355. The van der Waals surface area contributed by atoms with Gasteiger partial charge in [-0.2, -0.15) is 0 Å².